The van der Waals surface area contributed by atoms with Crippen molar-refractivity contribution in [2.75, 3.05) is 19.6 Å². The van der Waals surface area contributed by atoms with Crippen LogP contribution in [0.2, 0.25) is 0 Å². The van der Waals surface area contributed by atoms with Crippen molar-refractivity contribution in [2.45, 2.75) is 12.6 Å². The summed E-state index contributed by atoms with van der Waals surface area (Å²) in [6.45, 7) is 3.39. The quantitative estimate of drug-likeness (QED) is 0.775. The van der Waals surface area contributed by atoms with Crippen molar-refractivity contribution >= 4 is 10.9 Å². The lowest BCUT2D eigenvalue weighted by Gasteiger charge is -2.36. The first-order chi connectivity index (χ1) is 11.8. The molecule has 1 fully saturated rings. The zero-order valence-electron chi connectivity index (χ0n) is 13.4. The molecule has 0 saturated carbocycles. The predicted molar refractivity (Wildman–Crippen MR) is 94.8 cm³/mol. The van der Waals surface area contributed by atoms with Gasteiger partial charge in [-0.3, -0.25) is 14.7 Å². The molecule has 1 saturated heterocycles. The van der Waals surface area contributed by atoms with Crippen LogP contribution in [0.25, 0.3) is 10.9 Å². The smallest absolute Gasteiger partial charge is 0.252 e. The van der Waals surface area contributed by atoms with Crippen molar-refractivity contribution in [3.05, 3.63) is 76.3 Å². The van der Waals surface area contributed by atoms with Gasteiger partial charge in [-0.25, -0.2) is 0 Å². The summed E-state index contributed by atoms with van der Waals surface area (Å²) < 4.78 is 0. The molecular formula is C19H20N4O. The van der Waals surface area contributed by atoms with Crippen LogP contribution < -0.4 is 10.9 Å². The Morgan fingerprint density at radius 3 is 2.88 bits per heavy atom. The highest BCUT2D eigenvalue weighted by molar-refractivity contribution is 5.78. The largest absolute Gasteiger partial charge is 0.322 e. The monoisotopic (exact) mass is 320 g/mol. The van der Waals surface area contributed by atoms with Crippen molar-refractivity contribution in [3.8, 4) is 0 Å². The predicted octanol–water partition coefficient (Wildman–Crippen LogP) is 2.07. The molecule has 4 rings (SSSR count). The molecule has 1 aromatic carbocycles. The fourth-order valence-electron chi connectivity index (χ4n) is 3.38. The fourth-order valence-corrected chi connectivity index (χ4v) is 3.38. The Morgan fingerprint density at radius 1 is 1.17 bits per heavy atom. The lowest BCUT2D eigenvalue weighted by molar-refractivity contribution is 0.153. The minimum Gasteiger partial charge on any atom is -0.322 e. The Labute approximate surface area is 140 Å². The normalized spacial score (nSPS) is 18.8. The van der Waals surface area contributed by atoms with Crippen LogP contribution in [0.1, 0.15) is 17.2 Å². The number of H-pyrrole nitrogens is 1. The van der Waals surface area contributed by atoms with Crippen molar-refractivity contribution < 1.29 is 0 Å². The second-order valence-electron chi connectivity index (χ2n) is 6.18. The maximum absolute atomic E-state index is 12.4. The van der Waals surface area contributed by atoms with Crippen LogP contribution in [0.4, 0.5) is 0 Å². The van der Waals surface area contributed by atoms with Gasteiger partial charge in [0.15, 0.2) is 0 Å². The van der Waals surface area contributed by atoms with Crippen LogP contribution >= 0.6 is 0 Å². The molecule has 2 N–H and O–H groups in total. The van der Waals surface area contributed by atoms with Gasteiger partial charge in [0.25, 0.3) is 5.56 Å². The van der Waals surface area contributed by atoms with Gasteiger partial charge >= 0.3 is 0 Å². The van der Waals surface area contributed by atoms with Crippen molar-refractivity contribution in [2.24, 2.45) is 0 Å². The van der Waals surface area contributed by atoms with Crippen molar-refractivity contribution in [3.63, 3.8) is 0 Å². The van der Waals surface area contributed by atoms with Gasteiger partial charge in [0, 0.05) is 55.7 Å². The van der Waals surface area contributed by atoms with Crippen molar-refractivity contribution in [1.29, 1.82) is 0 Å². The number of fused-ring (bicyclic) bond motifs is 1. The lowest BCUT2D eigenvalue weighted by atomic mass is 10.0. The van der Waals surface area contributed by atoms with Gasteiger partial charge < -0.3 is 10.3 Å². The summed E-state index contributed by atoms with van der Waals surface area (Å²) in [4.78, 5) is 21.9. The van der Waals surface area contributed by atoms with E-state index in [9.17, 15) is 4.79 Å². The molecule has 0 spiro atoms. The highest BCUT2D eigenvalue weighted by atomic mass is 16.1. The minimum atomic E-state index is 0.000658. The second kappa shape index (κ2) is 6.55. The third-order valence-corrected chi connectivity index (χ3v) is 4.65. The summed E-state index contributed by atoms with van der Waals surface area (Å²) in [6.07, 6.45) is 3.65. The highest BCUT2D eigenvalue weighted by Gasteiger charge is 2.24. The molecule has 3 heterocycles. The number of piperazine rings is 1. The number of benzene rings is 1. The third kappa shape index (κ3) is 2.96. The first-order valence-corrected chi connectivity index (χ1v) is 8.27. The molecule has 122 valence electrons. The molecular weight excluding hydrogens is 300 g/mol. The van der Waals surface area contributed by atoms with Crippen LogP contribution in [0.3, 0.4) is 0 Å². The number of aromatic nitrogens is 2. The number of nitrogens with one attached hydrogen (secondary N) is 2. The van der Waals surface area contributed by atoms with E-state index in [2.05, 4.69) is 32.3 Å². The summed E-state index contributed by atoms with van der Waals surface area (Å²) in [5, 5.41) is 4.52. The van der Waals surface area contributed by atoms with Gasteiger partial charge in [0.1, 0.15) is 0 Å². The number of pyridine rings is 2. The maximum atomic E-state index is 12.4. The average molecular weight is 320 g/mol. The van der Waals surface area contributed by atoms with E-state index in [0.29, 0.717) is 6.54 Å². The van der Waals surface area contributed by atoms with Gasteiger partial charge in [-0.15, -0.1) is 0 Å². The number of hydrogen-bond donors (Lipinski definition) is 2. The summed E-state index contributed by atoms with van der Waals surface area (Å²) in [6, 6.07) is 14.3. The van der Waals surface area contributed by atoms with Gasteiger partial charge in [-0.05, 0) is 35.2 Å². The molecule has 3 aromatic rings. The molecule has 1 aliphatic heterocycles. The van der Waals surface area contributed by atoms with E-state index in [1.165, 1.54) is 5.56 Å². The topological polar surface area (TPSA) is 61.0 Å². The highest BCUT2D eigenvalue weighted by Crippen LogP contribution is 2.23. The molecule has 1 atom stereocenters. The van der Waals surface area contributed by atoms with E-state index in [1.54, 1.807) is 0 Å². The first kappa shape index (κ1) is 15.1. The number of hydrogen-bond acceptors (Lipinski definition) is 4. The first-order valence-electron chi connectivity index (χ1n) is 8.27. The Bertz CT molecular complexity index is 891. The minimum absolute atomic E-state index is 0.000658. The SMILES string of the molecule is O=c1[nH]c2ccccc2cc1CN1CCNCC1c1ccncc1. The van der Waals surface area contributed by atoms with E-state index in [0.717, 1.165) is 36.1 Å². The molecule has 0 bridgehead atoms. The number of aromatic amines is 1. The van der Waals surface area contributed by atoms with Gasteiger partial charge in [-0.2, -0.15) is 0 Å². The molecule has 5 heteroatoms. The van der Waals surface area contributed by atoms with Crippen LogP contribution in [0.5, 0.6) is 0 Å². The van der Waals surface area contributed by atoms with Gasteiger partial charge in [0.05, 0.1) is 0 Å². The number of nitrogens with zero attached hydrogens (tertiary/aromatic N) is 2. The Hall–Kier alpha value is -2.50. The van der Waals surface area contributed by atoms with E-state index < -0.39 is 0 Å². The molecule has 0 amide bonds. The standard InChI is InChI=1S/C19H20N4O/c24-19-16(11-15-3-1-2-4-17(15)22-19)13-23-10-9-21-12-18(23)14-5-7-20-8-6-14/h1-8,11,18,21H,9-10,12-13H2,(H,22,24). The van der Waals surface area contributed by atoms with Crippen LogP contribution in [0.15, 0.2) is 59.7 Å². The fraction of sp³-hybridized carbons (Fsp3) is 0.263. The van der Waals surface area contributed by atoms with E-state index in [-0.39, 0.29) is 11.6 Å². The van der Waals surface area contributed by atoms with Crippen LogP contribution in [-0.2, 0) is 6.54 Å². The maximum Gasteiger partial charge on any atom is 0.252 e. The molecule has 24 heavy (non-hydrogen) atoms. The zero-order valence-corrected chi connectivity index (χ0v) is 13.4. The average Bonchev–Trinajstić information content (AvgIpc) is 2.63. The molecule has 0 aliphatic carbocycles. The van der Waals surface area contributed by atoms with E-state index in [4.69, 9.17) is 0 Å². The Kier molecular flexibility index (Phi) is 4.11. The summed E-state index contributed by atoms with van der Waals surface area (Å²) in [5.74, 6) is 0. The van der Waals surface area contributed by atoms with Crippen LogP contribution in [-0.4, -0.2) is 34.5 Å². The Morgan fingerprint density at radius 2 is 2.00 bits per heavy atom. The van der Waals surface area contributed by atoms with Crippen molar-refractivity contribution in [1.82, 2.24) is 20.2 Å². The summed E-state index contributed by atoms with van der Waals surface area (Å²) in [5.41, 5.74) is 2.93. The van der Waals surface area contributed by atoms with E-state index >= 15 is 0 Å². The second-order valence-corrected chi connectivity index (χ2v) is 6.18. The lowest BCUT2D eigenvalue weighted by Crippen LogP contribution is -2.46. The van der Waals surface area contributed by atoms with Gasteiger partial charge in [-0.1, -0.05) is 18.2 Å². The zero-order chi connectivity index (χ0) is 16.4. The molecule has 1 unspecified atom stereocenters. The van der Waals surface area contributed by atoms with Crippen LogP contribution in [0, 0.1) is 0 Å². The molecule has 1 aliphatic rings. The number of para-hydroxylation sites is 1. The summed E-state index contributed by atoms with van der Waals surface area (Å²) >= 11 is 0. The van der Waals surface area contributed by atoms with Gasteiger partial charge in [0.2, 0.25) is 0 Å². The molecule has 0 radical (unpaired) electrons. The summed E-state index contributed by atoms with van der Waals surface area (Å²) in [7, 11) is 0. The number of rotatable bonds is 3. The van der Waals surface area contributed by atoms with E-state index in [1.807, 2.05) is 42.7 Å². The molecule has 5 nitrogen and oxygen atoms in total. The molecule has 2 aromatic heterocycles. The Balaban J connectivity index is 1.65. The third-order valence-electron chi connectivity index (χ3n) is 4.65.